The van der Waals surface area contributed by atoms with Crippen molar-refractivity contribution < 1.29 is 67.0 Å². The third-order valence-electron chi connectivity index (χ3n) is 6.30. The summed E-state index contributed by atoms with van der Waals surface area (Å²) in [7, 11) is 0. The SMILES string of the molecule is CC(=O)O[C@@H]1[C@@H](OC(C)=O)[C@H](C)O[C@@H](O[C@H]2[C@H](OC(C)=O)[C@@H](OC(C)=O)[C@@H](O)O[C@@H]2CSc2ccccc2)[C@@H]1OC(C)=O. The van der Waals surface area contributed by atoms with Crippen LogP contribution >= 0.6 is 11.8 Å². The molecule has 2 fully saturated rings. The summed E-state index contributed by atoms with van der Waals surface area (Å²) in [6, 6.07) is 9.22. The zero-order valence-electron chi connectivity index (χ0n) is 24.5. The van der Waals surface area contributed by atoms with Crippen molar-refractivity contribution in [1.82, 2.24) is 0 Å². The zero-order chi connectivity index (χ0) is 31.8. The van der Waals surface area contributed by atoms with Gasteiger partial charge in [0, 0.05) is 45.3 Å². The Kier molecular flexibility index (Phi) is 12.3. The molecule has 15 heteroatoms. The van der Waals surface area contributed by atoms with Crippen LogP contribution in [-0.2, 0) is 61.9 Å². The number of carbonyl (C=O) groups is 5. The van der Waals surface area contributed by atoms with Crippen molar-refractivity contribution in [2.75, 3.05) is 5.75 Å². The number of rotatable bonds is 10. The fourth-order valence-electron chi connectivity index (χ4n) is 4.77. The van der Waals surface area contributed by atoms with Crippen LogP contribution in [0, 0.1) is 0 Å². The Hall–Kier alpha value is -3.24. The van der Waals surface area contributed by atoms with Gasteiger partial charge in [-0.3, -0.25) is 24.0 Å². The predicted octanol–water partition coefficient (Wildman–Crippen LogP) is 1.28. The molecular formula is C28H36O14S. The lowest BCUT2D eigenvalue weighted by atomic mass is 9.96. The second-order valence-corrected chi connectivity index (χ2v) is 11.0. The van der Waals surface area contributed by atoms with Crippen molar-refractivity contribution in [2.24, 2.45) is 0 Å². The van der Waals surface area contributed by atoms with Crippen LogP contribution in [0.2, 0.25) is 0 Å². The molecular weight excluding hydrogens is 592 g/mol. The minimum atomic E-state index is -1.70. The molecule has 0 saturated carbocycles. The highest BCUT2D eigenvalue weighted by molar-refractivity contribution is 7.99. The first-order chi connectivity index (χ1) is 20.3. The monoisotopic (exact) mass is 628 g/mol. The van der Waals surface area contributed by atoms with Crippen LogP contribution in [0.1, 0.15) is 41.5 Å². The Balaban J connectivity index is 2.03. The smallest absolute Gasteiger partial charge is 0.303 e. The molecule has 0 aliphatic carbocycles. The standard InChI is InChI=1S/C28H36O14S/c1-13-21(36-14(2)29)23(37-15(3)30)26(40-18(6)33)28(35-13)42-22-20(12-43-19-10-8-7-9-11-19)41-27(34)25(39-17(5)32)24(22)38-16(4)31/h7-11,13,20-28,34H,12H2,1-6H3/t13-,20+,21-,22+,23+,24-,25+,26+,27-,28-/m0/s1. The van der Waals surface area contributed by atoms with Crippen LogP contribution in [0.5, 0.6) is 0 Å². The maximum absolute atomic E-state index is 12.2. The van der Waals surface area contributed by atoms with E-state index < -0.39 is 91.3 Å². The minimum absolute atomic E-state index is 0.153. The van der Waals surface area contributed by atoms with E-state index in [1.165, 1.54) is 18.7 Å². The number of hydrogen-bond donors (Lipinski definition) is 1. The molecule has 0 bridgehead atoms. The van der Waals surface area contributed by atoms with E-state index in [0.29, 0.717) is 0 Å². The van der Waals surface area contributed by atoms with E-state index in [1.54, 1.807) is 0 Å². The molecule has 0 aromatic heterocycles. The van der Waals surface area contributed by atoms with Crippen LogP contribution in [0.3, 0.4) is 0 Å². The van der Waals surface area contributed by atoms with Gasteiger partial charge >= 0.3 is 29.8 Å². The summed E-state index contributed by atoms with van der Waals surface area (Å²) in [4.78, 5) is 61.1. The average Bonchev–Trinajstić information content (AvgIpc) is 2.90. The molecule has 0 radical (unpaired) electrons. The molecule has 2 aliphatic rings. The lowest BCUT2D eigenvalue weighted by Crippen LogP contribution is -2.66. The van der Waals surface area contributed by atoms with Gasteiger partial charge in [-0.2, -0.15) is 0 Å². The summed E-state index contributed by atoms with van der Waals surface area (Å²) in [6.07, 6.45) is -13.4. The fraction of sp³-hybridized carbons (Fsp3) is 0.607. The number of aliphatic hydroxyl groups is 1. The number of benzene rings is 1. The third-order valence-corrected chi connectivity index (χ3v) is 7.40. The van der Waals surface area contributed by atoms with E-state index in [4.69, 9.17) is 37.9 Å². The lowest BCUT2D eigenvalue weighted by Gasteiger charge is -2.48. The zero-order valence-corrected chi connectivity index (χ0v) is 25.3. The third kappa shape index (κ3) is 9.63. The van der Waals surface area contributed by atoms with Crippen molar-refractivity contribution >= 4 is 41.6 Å². The van der Waals surface area contributed by atoms with Gasteiger partial charge in [0.25, 0.3) is 0 Å². The highest BCUT2D eigenvalue weighted by Crippen LogP contribution is 2.36. The number of ether oxygens (including phenoxy) is 8. The van der Waals surface area contributed by atoms with E-state index in [9.17, 15) is 29.1 Å². The maximum Gasteiger partial charge on any atom is 0.303 e. The van der Waals surface area contributed by atoms with Crippen molar-refractivity contribution in [1.29, 1.82) is 0 Å². The van der Waals surface area contributed by atoms with Crippen LogP contribution < -0.4 is 0 Å². The largest absolute Gasteiger partial charge is 0.456 e. The maximum atomic E-state index is 12.2. The Labute approximate surface area is 252 Å². The van der Waals surface area contributed by atoms with Crippen molar-refractivity contribution in [3.8, 4) is 0 Å². The number of hydrogen-bond acceptors (Lipinski definition) is 15. The van der Waals surface area contributed by atoms with Gasteiger partial charge in [0.15, 0.2) is 43.1 Å². The first-order valence-corrected chi connectivity index (χ1v) is 14.4. The van der Waals surface area contributed by atoms with Gasteiger partial charge in [-0.1, -0.05) is 18.2 Å². The minimum Gasteiger partial charge on any atom is -0.456 e. The van der Waals surface area contributed by atoms with Gasteiger partial charge in [0.05, 0.1) is 6.10 Å². The molecule has 1 aromatic rings. The molecule has 2 saturated heterocycles. The summed E-state index contributed by atoms with van der Waals surface area (Å²) in [5.41, 5.74) is 0. The van der Waals surface area contributed by atoms with Crippen molar-refractivity contribution in [2.45, 2.75) is 108 Å². The molecule has 3 rings (SSSR count). The van der Waals surface area contributed by atoms with Crippen molar-refractivity contribution in [3.05, 3.63) is 30.3 Å². The second kappa shape index (κ2) is 15.5. The number of esters is 5. The predicted molar refractivity (Wildman–Crippen MR) is 145 cm³/mol. The quantitative estimate of drug-likeness (QED) is 0.222. The van der Waals surface area contributed by atoms with E-state index in [0.717, 1.165) is 39.5 Å². The van der Waals surface area contributed by atoms with Gasteiger partial charge in [0.1, 0.15) is 12.2 Å². The van der Waals surface area contributed by atoms with Crippen LogP contribution in [0.25, 0.3) is 0 Å². The molecule has 0 unspecified atom stereocenters. The van der Waals surface area contributed by atoms with Crippen LogP contribution in [0.4, 0.5) is 0 Å². The summed E-state index contributed by atoms with van der Waals surface area (Å²) in [6.45, 7) is 7.14. The van der Waals surface area contributed by atoms with E-state index in [1.807, 2.05) is 30.3 Å². The number of thioether (sulfide) groups is 1. The molecule has 43 heavy (non-hydrogen) atoms. The van der Waals surface area contributed by atoms with Gasteiger partial charge in [-0.25, -0.2) is 0 Å². The number of aliphatic hydroxyl groups excluding tert-OH is 1. The van der Waals surface area contributed by atoms with Gasteiger partial charge in [0.2, 0.25) is 0 Å². The number of carbonyl (C=O) groups excluding carboxylic acids is 5. The van der Waals surface area contributed by atoms with Gasteiger partial charge in [-0.15, -0.1) is 11.8 Å². The average molecular weight is 629 g/mol. The molecule has 1 N–H and O–H groups in total. The normalized spacial score (nSPS) is 32.2. The lowest BCUT2D eigenvalue weighted by molar-refractivity contribution is -0.349. The van der Waals surface area contributed by atoms with E-state index >= 15 is 0 Å². The highest BCUT2D eigenvalue weighted by Gasteiger charge is 2.56. The first-order valence-electron chi connectivity index (χ1n) is 13.4. The fourth-order valence-corrected chi connectivity index (χ4v) is 5.74. The summed E-state index contributed by atoms with van der Waals surface area (Å²) in [5, 5.41) is 10.8. The molecule has 0 amide bonds. The molecule has 238 valence electrons. The molecule has 10 atom stereocenters. The van der Waals surface area contributed by atoms with Crippen LogP contribution in [-0.4, -0.2) is 102 Å². The summed E-state index contributed by atoms with van der Waals surface area (Å²) < 4.78 is 45.1. The molecule has 14 nitrogen and oxygen atoms in total. The Morgan fingerprint density at radius 3 is 1.67 bits per heavy atom. The molecule has 2 heterocycles. The summed E-state index contributed by atoms with van der Waals surface area (Å²) in [5.74, 6) is -3.68. The van der Waals surface area contributed by atoms with E-state index in [-0.39, 0.29) is 5.75 Å². The van der Waals surface area contributed by atoms with E-state index in [2.05, 4.69) is 0 Å². The second-order valence-electron chi connectivity index (χ2n) is 9.87. The Morgan fingerprint density at radius 2 is 1.14 bits per heavy atom. The van der Waals surface area contributed by atoms with Gasteiger partial charge in [-0.05, 0) is 19.1 Å². The van der Waals surface area contributed by atoms with Gasteiger partial charge < -0.3 is 43.0 Å². The highest BCUT2D eigenvalue weighted by atomic mass is 32.2. The Morgan fingerprint density at radius 1 is 0.674 bits per heavy atom. The topological polar surface area (TPSA) is 179 Å². The molecule has 2 aliphatic heterocycles. The molecule has 1 aromatic carbocycles. The summed E-state index contributed by atoms with van der Waals surface area (Å²) >= 11 is 1.34. The van der Waals surface area contributed by atoms with Crippen LogP contribution in [0.15, 0.2) is 35.2 Å². The van der Waals surface area contributed by atoms with Crippen molar-refractivity contribution in [3.63, 3.8) is 0 Å². The first kappa shape index (κ1) is 34.3. The molecule has 0 spiro atoms. The Bertz CT molecular complexity index is 1150.